The maximum Gasteiger partial charge on any atom is 0.264 e. The molecule has 0 spiro atoms. The summed E-state index contributed by atoms with van der Waals surface area (Å²) >= 11 is 9.92. The first kappa shape index (κ1) is 35.2. The zero-order valence-corrected chi connectivity index (χ0v) is 29.6. The van der Waals surface area contributed by atoms with E-state index in [1.54, 1.807) is 37.3 Å². The molecule has 0 radical (unpaired) electrons. The lowest BCUT2D eigenvalue weighted by molar-refractivity contribution is -0.140. The van der Waals surface area contributed by atoms with Crippen molar-refractivity contribution in [1.29, 1.82) is 0 Å². The Bertz CT molecular complexity index is 1750. The number of nitrogens with zero attached hydrogens (tertiary/aromatic N) is 2. The number of aryl methyl sites for hydroxylation is 1. The first-order valence-electron chi connectivity index (χ1n) is 15.1. The number of benzene rings is 4. The molecular weight excluding hydrogens is 686 g/mol. The molecular formula is C36H39BrClN3O4S. The number of nitrogens with one attached hydrogen (secondary N) is 1. The van der Waals surface area contributed by atoms with E-state index in [0.29, 0.717) is 17.1 Å². The van der Waals surface area contributed by atoms with Crippen molar-refractivity contribution >= 4 is 55.1 Å². The number of amides is 2. The van der Waals surface area contributed by atoms with E-state index in [0.717, 1.165) is 25.5 Å². The van der Waals surface area contributed by atoms with E-state index < -0.39 is 28.5 Å². The number of hydrogen-bond donors (Lipinski definition) is 1. The number of rotatable bonds is 13. The summed E-state index contributed by atoms with van der Waals surface area (Å²) < 4.78 is 30.5. The Morgan fingerprint density at radius 3 is 2.13 bits per heavy atom. The molecule has 242 valence electrons. The summed E-state index contributed by atoms with van der Waals surface area (Å²) in [6.07, 6.45) is 0.244. The Morgan fingerprint density at radius 1 is 0.848 bits per heavy atom. The number of carbonyl (C=O) groups excluding carboxylic acids is 2. The van der Waals surface area contributed by atoms with Gasteiger partial charge >= 0.3 is 0 Å². The van der Waals surface area contributed by atoms with E-state index in [1.807, 2.05) is 75.4 Å². The summed E-state index contributed by atoms with van der Waals surface area (Å²) in [5.41, 5.74) is 3.36. The van der Waals surface area contributed by atoms with Gasteiger partial charge in [-0.3, -0.25) is 13.9 Å². The predicted octanol–water partition coefficient (Wildman–Crippen LogP) is 7.33. The predicted molar refractivity (Wildman–Crippen MR) is 188 cm³/mol. The number of halogens is 2. The number of anilines is 1. The third-order valence-electron chi connectivity index (χ3n) is 7.62. The molecule has 46 heavy (non-hydrogen) atoms. The third kappa shape index (κ3) is 8.99. The van der Waals surface area contributed by atoms with Crippen molar-refractivity contribution < 1.29 is 18.0 Å². The maximum absolute atomic E-state index is 14.6. The SMILES string of the molecule is Cc1ccc(S(=O)(=O)N(CC(=O)N(Cc2ccc(Br)cc2)[C@@H](Cc2ccccc2)C(=O)NCC(C)C)c2cccc(Cl)c2C)cc1. The van der Waals surface area contributed by atoms with Crippen LogP contribution in [0.15, 0.2) is 106 Å². The Balaban J connectivity index is 1.82. The van der Waals surface area contributed by atoms with Gasteiger partial charge in [0, 0.05) is 29.0 Å². The van der Waals surface area contributed by atoms with Crippen LogP contribution in [0.2, 0.25) is 5.02 Å². The first-order valence-corrected chi connectivity index (χ1v) is 17.7. The van der Waals surface area contributed by atoms with Gasteiger partial charge in [-0.1, -0.05) is 108 Å². The van der Waals surface area contributed by atoms with Crippen molar-refractivity contribution in [2.75, 3.05) is 17.4 Å². The van der Waals surface area contributed by atoms with Crippen molar-refractivity contribution in [3.63, 3.8) is 0 Å². The Hall–Kier alpha value is -3.66. The highest BCUT2D eigenvalue weighted by atomic mass is 79.9. The molecule has 0 heterocycles. The molecule has 0 aliphatic heterocycles. The largest absolute Gasteiger partial charge is 0.354 e. The standard InChI is InChI=1S/C36H39BrClN3O4S/c1-25(2)22-39-36(43)34(21-28-9-6-5-7-10-28)40(23-29-15-17-30(37)18-16-29)35(42)24-41(33-12-8-11-32(38)27(33)4)46(44,45)31-19-13-26(3)14-20-31/h5-20,25,34H,21-24H2,1-4H3,(H,39,43)/t34-/m0/s1. The molecule has 0 aliphatic rings. The first-order chi connectivity index (χ1) is 21.9. The van der Waals surface area contributed by atoms with Gasteiger partial charge < -0.3 is 10.2 Å². The van der Waals surface area contributed by atoms with Gasteiger partial charge in [0.2, 0.25) is 11.8 Å². The molecule has 0 bridgehead atoms. The van der Waals surface area contributed by atoms with E-state index in [-0.39, 0.29) is 35.4 Å². The average Bonchev–Trinajstić information content (AvgIpc) is 3.03. The quantitative estimate of drug-likeness (QED) is 0.157. The summed E-state index contributed by atoms with van der Waals surface area (Å²) in [4.78, 5) is 30.0. The normalized spacial score (nSPS) is 12.1. The zero-order chi connectivity index (χ0) is 33.4. The monoisotopic (exact) mass is 723 g/mol. The fourth-order valence-electron chi connectivity index (χ4n) is 4.98. The summed E-state index contributed by atoms with van der Waals surface area (Å²) in [6, 6.07) is 27.5. The Labute approximate surface area is 285 Å². The minimum atomic E-state index is -4.22. The van der Waals surface area contributed by atoms with E-state index in [4.69, 9.17) is 11.6 Å². The molecule has 1 N–H and O–H groups in total. The van der Waals surface area contributed by atoms with Crippen LogP contribution in [-0.4, -0.2) is 44.3 Å². The smallest absolute Gasteiger partial charge is 0.264 e. The van der Waals surface area contributed by atoms with Gasteiger partial charge in [0.25, 0.3) is 10.0 Å². The molecule has 0 aliphatic carbocycles. The van der Waals surface area contributed by atoms with E-state index >= 15 is 0 Å². The summed E-state index contributed by atoms with van der Waals surface area (Å²) in [7, 11) is -4.22. The molecule has 0 aromatic heterocycles. The van der Waals surface area contributed by atoms with Gasteiger partial charge in [0.05, 0.1) is 10.6 Å². The minimum absolute atomic E-state index is 0.0419. The number of sulfonamides is 1. The lowest BCUT2D eigenvalue weighted by Gasteiger charge is -2.34. The highest BCUT2D eigenvalue weighted by molar-refractivity contribution is 9.10. The van der Waals surface area contributed by atoms with E-state index in [2.05, 4.69) is 21.2 Å². The summed E-state index contributed by atoms with van der Waals surface area (Å²) in [5.74, 6) is -0.647. The number of carbonyl (C=O) groups is 2. The topological polar surface area (TPSA) is 86.8 Å². The van der Waals surface area contributed by atoms with Crippen LogP contribution in [0.1, 0.15) is 36.1 Å². The lowest BCUT2D eigenvalue weighted by atomic mass is 10.0. The fraction of sp³-hybridized carbons (Fsp3) is 0.278. The van der Waals surface area contributed by atoms with Crippen LogP contribution in [0, 0.1) is 19.8 Å². The molecule has 4 rings (SSSR count). The molecule has 0 saturated carbocycles. The highest BCUT2D eigenvalue weighted by Crippen LogP contribution is 2.31. The number of hydrogen-bond acceptors (Lipinski definition) is 4. The Morgan fingerprint density at radius 2 is 1.50 bits per heavy atom. The van der Waals surface area contributed by atoms with Crippen molar-refractivity contribution in [2.24, 2.45) is 5.92 Å². The van der Waals surface area contributed by atoms with Crippen molar-refractivity contribution in [3.8, 4) is 0 Å². The fourth-order valence-corrected chi connectivity index (χ4v) is 6.89. The second-order valence-electron chi connectivity index (χ2n) is 11.7. The van der Waals surface area contributed by atoms with Crippen molar-refractivity contribution in [1.82, 2.24) is 10.2 Å². The molecule has 4 aromatic rings. The lowest BCUT2D eigenvalue weighted by Crippen LogP contribution is -2.53. The molecule has 10 heteroatoms. The van der Waals surface area contributed by atoms with E-state index in [1.165, 1.54) is 17.0 Å². The van der Waals surface area contributed by atoms with Crippen LogP contribution in [0.4, 0.5) is 5.69 Å². The van der Waals surface area contributed by atoms with Crippen LogP contribution < -0.4 is 9.62 Å². The molecule has 7 nitrogen and oxygen atoms in total. The van der Waals surface area contributed by atoms with Gasteiger partial charge in [-0.25, -0.2) is 8.42 Å². The van der Waals surface area contributed by atoms with Crippen LogP contribution >= 0.6 is 27.5 Å². The average molecular weight is 725 g/mol. The molecule has 0 unspecified atom stereocenters. The van der Waals surface area contributed by atoms with Gasteiger partial charge in [-0.15, -0.1) is 0 Å². The molecule has 2 amide bonds. The Kier molecular flexibility index (Phi) is 12.1. The van der Waals surface area contributed by atoms with Gasteiger partial charge in [0.1, 0.15) is 12.6 Å². The van der Waals surface area contributed by atoms with Gasteiger partial charge in [-0.05, 0) is 72.9 Å². The summed E-state index contributed by atoms with van der Waals surface area (Å²) in [6.45, 7) is 7.56. The second-order valence-corrected chi connectivity index (χ2v) is 14.9. The molecule has 0 fully saturated rings. The van der Waals surface area contributed by atoms with E-state index in [9.17, 15) is 18.0 Å². The zero-order valence-electron chi connectivity index (χ0n) is 26.4. The van der Waals surface area contributed by atoms with Crippen molar-refractivity contribution in [3.05, 3.63) is 129 Å². The molecule has 0 saturated heterocycles. The molecule has 1 atom stereocenters. The van der Waals surface area contributed by atoms with Crippen molar-refractivity contribution in [2.45, 2.75) is 51.6 Å². The minimum Gasteiger partial charge on any atom is -0.354 e. The second kappa shape index (κ2) is 15.8. The summed E-state index contributed by atoms with van der Waals surface area (Å²) in [5, 5.41) is 3.38. The third-order valence-corrected chi connectivity index (χ3v) is 10.3. The maximum atomic E-state index is 14.6. The van der Waals surface area contributed by atoms with Gasteiger partial charge in [-0.2, -0.15) is 0 Å². The molecule has 4 aromatic carbocycles. The van der Waals surface area contributed by atoms with Crippen LogP contribution in [-0.2, 0) is 32.6 Å². The van der Waals surface area contributed by atoms with Crippen LogP contribution in [0.25, 0.3) is 0 Å². The van der Waals surface area contributed by atoms with Gasteiger partial charge in [0.15, 0.2) is 0 Å². The van der Waals surface area contributed by atoms with Crippen LogP contribution in [0.3, 0.4) is 0 Å². The highest BCUT2D eigenvalue weighted by Gasteiger charge is 2.35. The van der Waals surface area contributed by atoms with Crippen LogP contribution in [0.5, 0.6) is 0 Å².